The van der Waals surface area contributed by atoms with E-state index in [4.69, 9.17) is 4.74 Å². The number of hydrogen-bond donors (Lipinski definition) is 0. The van der Waals surface area contributed by atoms with Crippen LogP contribution < -0.4 is 0 Å². The summed E-state index contributed by atoms with van der Waals surface area (Å²) in [6, 6.07) is 0. The Morgan fingerprint density at radius 1 is 1.06 bits per heavy atom. The van der Waals surface area contributed by atoms with Gasteiger partial charge in [0, 0.05) is 17.2 Å². The molecule has 1 saturated carbocycles. The number of allylic oxidation sites excluding steroid dienone is 3. The van der Waals surface area contributed by atoms with Crippen molar-refractivity contribution in [2.75, 3.05) is 7.11 Å². The number of carbonyl (C=O) groups is 2. The minimum Gasteiger partial charge on any atom is -0.493 e. The Morgan fingerprint density at radius 3 is 2.19 bits per heavy atom. The largest absolute Gasteiger partial charge is 0.493 e. The van der Waals surface area contributed by atoms with Crippen LogP contribution in [-0.4, -0.2) is 18.7 Å². The van der Waals surface area contributed by atoms with Crippen LogP contribution in [0.5, 0.6) is 0 Å². The van der Waals surface area contributed by atoms with Crippen LogP contribution in [0, 0.1) is 11.8 Å². The monoisotopic (exact) mass is 218 g/mol. The van der Waals surface area contributed by atoms with Crippen molar-refractivity contribution in [1.82, 2.24) is 0 Å². The van der Waals surface area contributed by atoms with E-state index in [0.717, 1.165) is 36.8 Å². The summed E-state index contributed by atoms with van der Waals surface area (Å²) in [5.74, 6) is 0.796. The average molecular weight is 218 g/mol. The SMILES string of the molecule is COC1=CC(=O)C2=C(C1=O)C1CCC2CC1. The van der Waals surface area contributed by atoms with Crippen LogP contribution in [0.4, 0.5) is 0 Å². The van der Waals surface area contributed by atoms with Gasteiger partial charge in [0.15, 0.2) is 11.5 Å². The van der Waals surface area contributed by atoms with E-state index in [-0.39, 0.29) is 17.3 Å². The number of hydrogen-bond acceptors (Lipinski definition) is 3. The van der Waals surface area contributed by atoms with E-state index in [0.29, 0.717) is 11.8 Å². The molecule has 84 valence electrons. The normalized spacial score (nSPS) is 32.7. The first-order chi connectivity index (χ1) is 7.72. The van der Waals surface area contributed by atoms with E-state index < -0.39 is 0 Å². The van der Waals surface area contributed by atoms with Crippen molar-refractivity contribution < 1.29 is 14.3 Å². The number of fused-ring (bicyclic) bond motifs is 2. The molecular weight excluding hydrogens is 204 g/mol. The van der Waals surface area contributed by atoms with Gasteiger partial charge in [0.05, 0.1) is 7.11 Å². The minimum absolute atomic E-state index is 0.000787. The van der Waals surface area contributed by atoms with Crippen molar-refractivity contribution in [2.24, 2.45) is 11.8 Å². The molecule has 0 N–H and O–H groups in total. The highest BCUT2D eigenvalue weighted by atomic mass is 16.5. The Kier molecular flexibility index (Phi) is 2.03. The lowest BCUT2D eigenvalue weighted by molar-refractivity contribution is -0.119. The van der Waals surface area contributed by atoms with Gasteiger partial charge >= 0.3 is 0 Å². The third kappa shape index (κ3) is 1.14. The van der Waals surface area contributed by atoms with Gasteiger partial charge in [0.25, 0.3) is 0 Å². The zero-order chi connectivity index (χ0) is 11.3. The van der Waals surface area contributed by atoms with Crippen molar-refractivity contribution in [3.05, 3.63) is 23.0 Å². The predicted molar refractivity (Wildman–Crippen MR) is 57.6 cm³/mol. The van der Waals surface area contributed by atoms with E-state index >= 15 is 0 Å². The number of ketones is 2. The van der Waals surface area contributed by atoms with Crippen LogP contribution in [0.25, 0.3) is 0 Å². The Balaban J connectivity index is 2.12. The summed E-state index contributed by atoms with van der Waals surface area (Å²) in [5.41, 5.74) is 1.57. The molecule has 3 heteroatoms. The topological polar surface area (TPSA) is 43.4 Å². The highest BCUT2D eigenvalue weighted by molar-refractivity contribution is 6.22. The van der Waals surface area contributed by atoms with Gasteiger partial charge in [-0.1, -0.05) is 0 Å². The van der Waals surface area contributed by atoms with Crippen molar-refractivity contribution in [2.45, 2.75) is 25.7 Å². The number of ether oxygens (including phenoxy) is 1. The Labute approximate surface area is 94.2 Å². The van der Waals surface area contributed by atoms with Gasteiger partial charge in [-0.25, -0.2) is 0 Å². The molecule has 0 aromatic rings. The lowest BCUT2D eigenvalue weighted by Gasteiger charge is -2.40. The minimum atomic E-state index is -0.0495. The predicted octanol–water partition coefficient (Wildman–Crippen LogP) is 1.79. The van der Waals surface area contributed by atoms with Gasteiger partial charge in [0.2, 0.25) is 5.78 Å². The van der Waals surface area contributed by atoms with Crippen LogP contribution in [-0.2, 0) is 14.3 Å². The van der Waals surface area contributed by atoms with Crippen molar-refractivity contribution in [3.8, 4) is 0 Å². The van der Waals surface area contributed by atoms with Crippen molar-refractivity contribution in [3.63, 3.8) is 0 Å². The molecule has 0 spiro atoms. The summed E-state index contributed by atoms with van der Waals surface area (Å²) < 4.78 is 4.99. The van der Waals surface area contributed by atoms with Gasteiger partial charge in [-0.2, -0.15) is 0 Å². The molecule has 0 aliphatic heterocycles. The number of rotatable bonds is 1. The maximum atomic E-state index is 12.1. The highest BCUT2D eigenvalue weighted by Crippen LogP contribution is 2.47. The van der Waals surface area contributed by atoms with Crippen LogP contribution in [0.3, 0.4) is 0 Å². The molecule has 0 amide bonds. The van der Waals surface area contributed by atoms with Gasteiger partial charge in [0.1, 0.15) is 0 Å². The second-order valence-corrected chi connectivity index (χ2v) is 4.78. The summed E-state index contributed by atoms with van der Waals surface area (Å²) >= 11 is 0. The number of Topliss-reactive ketones (excluding diaryl/α,β-unsaturated/α-hetero) is 1. The molecule has 4 rings (SSSR count). The second kappa shape index (κ2) is 3.30. The van der Waals surface area contributed by atoms with Gasteiger partial charge in [-0.3, -0.25) is 9.59 Å². The molecule has 0 atom stereocenters. The zero-order valence-electron chi connectivity index (χ0n) is 9.29. The maximum Gasteiger partial charge on any atom is 0.224 e. The lowest BCUT2D eigenvalue weighted by Crippen LogP contribution is -2.36. The third-order valence-electron chi connectivity index (χ3n) is 4.05. The first-order valence-electron chi connectivity index (χ1n) is 5.81. The van der Waals surface area contributed by atoms with E-state index in [1.165, 1.54) is 13.2 Å². The van der Waals surface area contributed by atoms with Crippen LogP contribution in [0.2, 0.25) is 0 Å². The fourth-order valence-corrected chi connectivity index (χ4v) is 3.30. The molecule has 4 aliphatic rings. The summed E-state index contributed by atoms with van der Waals surface area (Å²) in [6.45, 7) is 0. The molecule has 0 radical (unpaired) electrons. The third-order valence-corrected chi connectivity index (χ3v) is 4.05. The molecular formula is C13H14O3. The van der Waals surface area contributed by atoms with Crippen molar-refractivity contribution >= 4 is 11.6 Å². The highest BCUT2D eigenvalue weighted by Gasteiger charge is 2.43. The van der Waals surface area contributed by atoms with Crippen molar-refractivity contribution in [1.29, 1.82) is 0 Å². The molecule has 3 nitrogen and oxygen atoms in total. The standard InChI is InChI=1S/C13H14O3/c1-16-10-6-9(14)11-7-2-4-8(5-3-7)12(11)13(10)15/h6-8H,2-5H2,1H3. The Hall–Kier alpha value is -1.38. The average Bonchev–Trinajstić information content (AvgIpc) is 2.34. The fraction of sp³-hybridized carbons (Fsp3) is 0.538. The Bertz CT molecular complexity index is 434. The molecule has 1 fully saturated rings. The maximum absolute atomic E-state index is 12.1. The van der Waals surface area contributed by atoms with E-state index in [9.17, 15) is 9.59 Å². The van der Waals surface area contributed by atoms with Crippen LogP contribution in [0.1, 0.15) is 25.7 Å². The number of carbonyl (C=O) groups excluding carboxylic acids is 2. The molecule has 0 aromatic heterocycles. The van der Waals surface area contributed by atoms with E-state index in [2.05, 4.69) is 0 Å². The van der Waals surface area contributed by atoms with Crippen LogP contribution in [0.15, 0.2) is 23.0 Å². The number of methoxy groups -OCH3 is 1. The molecule has 16 heavy (non-hydrogen) atoms. The van der Waals surface area contributed by atoms with E-state index in [1.54, 1.807) is 0 Å². The van der Waals surface area contributed by atoms with E-state index in [1.807, 2.05) is 0 Å². The Morgan fingerprint density at radius 2 is 1.62 bits per heavy atom. The first kappa shape index (κ1) is 9.82. The first-order valence-corrected chi connectivity index (χ1v) is 5.81. The molecule has 0 heterocycles. The summed E-state index contributed by atoms with van der Waals surface area (Å²) in [4.78, 5) is 24.1. The lowest BCUT2D eigenvalue weighted by atomic mass is 9.63. The zero-order valence-corrected chi connectivity index (χ0v) is 9.29. The van der Waals surface area contributed by atoms with Gasteiger partial charge < -0.3 is 4.74 Å². The summed E-state index contributed by atoms with van der Waals surface area (Å²) in [6.07, 6.45) is 5.61. The molecule has 0 unspecified atom stereocenters. The van der Waals surface area contributed by atoms with Gasteiger partial charge in [-0.05, 0) is 37.5 Å². The quantitative estimate of drug-likeness (QED) is 0.630. The van der Waals surface area contributed by atoms with Gasteiger partial charge in [-0.15, -0.1) is 0 Å². The molecule has 0 aromatic carbocycles. The molecule has 2 bridgehead atoms. The molecule has 0 saturated heterocycles. The van der Waals surface area contributed by atoms with Crippen LogP contribution >= 0.6 is 0 Å². The second-order valence-electron chi connectivity index (χ2n) is 4.78. The summed E-state index contributed by atoms with van der Waals surface area (Å²) in [7, 11) is 1.45. The molecule has 4 aliphatic carbocycles. The summed E-state index contributed by atoms with van der Waals surface area (Å²) in [5, 5.41) is 0. The fourth-order valence-electron chi connectivity index (χ4n) is 3.30. The smallest absolute Gasteiger partial charge is 0.224 e.